The van der Waals surface area contributed by atoms with Crippen LogP contribution in [0, 0.1) is 0 Å². The van der Waals surface area contributed by atoms with Crippen LogP contribution in [0.15, 0.2) is 0 Å². The summed E-state index contributed by atoms with van der Waals surface area (Å²) in [7, 11) is 3.20. The Kier molecular flexibility index (Phi) is 5.18. The molecule has 1 fully saturated rings. The normalized spacial score (nSPS) is 22.2. The molecule has 1 heterocycles. The Morgan fingerprint density at radius 2 is 2.25 bits per heavy atom. The van der Waals surface area contributed by atoms with Crippen molar-refractivity contribution in [2.24, 2.45) is 0 Å². The molecular weight excluding hydrogens is 208 g/mol. The molecule has 5 nitrogen and oxygen atoms in total. The van der Waals surface area contributed by atoms with Gasteiger partial charge in [0.2, 0.25) is 0 Å². The highest BCUT2D eigenvalue weighted by molar-refractivity contribution is 5.80. The highest BCUT2D eigenvalue weighted by Crippen LogP contribution is 2.10. The van der Waals surface area contributed by atoms with E-state index in [0.29, 0.717) is 6.54 Å². The summed E-state index contributed by atoms with van der Waals surface area (Å²) in [6.07, 6.45) is 1.01. The molecule has 0 aromatic rings. The first-order valence-electron chi connectivity index (χ1n) is 5.70. The van der Waals surface area contributed by atoms with E-state index in [4.69, 9.17) is 9.47 Å². The standard InChI is InChI=1S/C11H22N2O3/c1-11(12-2,10(14)15-3)9-13-5-4-7-16-8-6-13/h12H,4-9H2,1-3H3. The van der Waals surface area contributed by atoms with Gasteiger partial charge >= 0.3 is 5.97 Å². The van der Waals surface area contributed by atoms with Crippen molar-refractivity contribution < 1.29 is 14.3 Å². The molecule has 1 saturated heterocycles. The van der Waals surface area contributed by atoms with E-state index in [2.05, 4.69) is 10.2 Å². The second kappa shape index (κ2) is 6.18. The van der Waals surface area contributed by atoms with Gasteiger partial charge in [0.1, 0.15) is 5.54 Å². The van der Waals surface area contributed by atoms with E-state index in [0.717, 1.165) is 32.7 Å². The Hall–Kier alpha value is -0.650. The van der Waals surface area contributed by atoms with Gasteiger partial charge in [-0.1, -0.05) is 0 Å². The number of hydrogen-bond acceptors (Lipinski definition) is 5. The average molecular weight is 230 g/mol. The highest BCUT2D eigenvalue weighted by Gasteiger charge is 2.34. The van der Waals surface area contributed by atoms with Crippen LogP contribution in [0.5, 0.6) is 0 Å². The molecule has 1 atom stereocenters. The van der Waals surface area contributed by atoms with E-state index in [1.54, 1.807) is 7.05 Å². The molecule has 0 radical (unpaired) electrons. The Morgan fingerprint density at radius 3 is 2.88 bits per heavy atom. The van der Waals surface area contributed by atoms with Gasteiger partial charge in [0.15, 0.2) is 0 Å². The lowest BCUT2D eigenvalue weighted by atomic mass is 10.0. The summed E-state index contributed by atoms with van der Waals surface area (Å²) in [6.45, 7) is 5.90. The Labute approximate surface area is 97.1 Å². The van der Waals surface area contributed by atoms with Crippen LogP contribution in [0.4, 0.5) is 0 Å². The Morgan fingerprint density at radius 1 is 1.50 bits per heavy atom. The minimum Gasteiger partial charge on any atom is -0.468 e. The van der Waals surface area contributed by atoms with E-state index in [9.17, 15) is 4.79 Å². The molecule has 1 N–H and O–H groups in total. The second-order valence-corrected chi connectivity index (χ2v) is 4.32. The van der Waals surface area contributed by atoms with Crippen molar-refractivity contribution in [2.75, 3.05) is 47.0 Å². The van der Waals surface area contributed by atoms with E-state index >= 15 is 0 Å². The molecule has 0 bridgehead atoms. The molecule has 94 valence electrons. The molecule has 16 heavy (non-hydrogen) atoms. The molecule has 0 aliphatic carbocycles. The van der Waals surface area contributed by atoms with Gasteiger partial charge in [-0.3, -0.25) is 9.69 Å². The zero-order chi connectivity index (χ0) is 12.0. The summed E-state index contributed by atoms with van der Waals surface area (Å²) in [6, 6.07) is 0. The number of hydrogen-bond donors (Lipinski definition) is 1. The van der Waals surface area contributed by atoms with Gasteiger partial charge in [0, 0.05) is 26.2 Å². The maximum atomic E-state index is 11.7. The van der Waals surface area contributed by atoms with Crippen LogP contribution in [0.1, 0.15) is 13.3 Å². The molecule has 0 amide bonds. The largest absolute Gasteiger partial charge is 0.468 e. The molecule has 1 rings (SSSR count). The molecule has 1 aliphatic rings. The maximum absolute atomic E-state index is 11.7. The first-order chi connectivity index (χ1) is 7.62. The zero-order valence-corrected chi connectivity index (χ0v) is 10.4. The predicted octanol–water partition coefficient (Wildman–Crippen LogP) is -0.140. The van der Waals surface area contributed by atoms with Crippen molar-refractivity contribution >= 4 is 5.97 Å². The molecule has 1 unspecified atom stereocenters. The lowest BCUT2D eigenvalue weighted by molar-refractivity contribution is -0.148. The fourth-order valence-electron chi connectivity index (χ4n) is 1.87. The van der Waals surface area contributed by atoms with Gasteiger partial charge < -0.3 is 14.8 Å². The summed E-state index contributed by atoms with van der Waals surface area (Å²) in [5.74, 6) is -0.222. The first kappa shape index (κ1) is 13.4. The van der Waals surface area contributed by atoms with E-state index in [1.807, 2.05) is 6.92 Å². The average Bonchev–Trinajstić information content (AvgIpc) is 2.56. The number of esters is 1. The van der Waals surface area contributed by atoms with Crippen LogP contribution < -0.4 is 5.32 Å². The van der Waals surface area contributed by atoms with Crippen molar-refractivity contribution in [3.63, 3.8) is 0 Å². The summed E-state index contributed by atoms with van der Waals surface area (Å²) in [4.78, 5) is 13.9. The van der Waals surface area contributed by atoms with Gasteiger partial charge in [-0.2, -0.15) is 0 Å². The summed E-state index contributed by atoms with van der Waals surface area (Å²) in [5, 5.41) is 3.04. The maximum Gasteiger partial charge on any atom is 0.327 e. The van der Waals surface area contributed by atoms with E-state index in [1.165, 1.54) is 7.11 Å². The minimum absolute atomic E-state index is 0.222. The Balaban J connectivity index is 2.56. The van der Waals surface area contributed by atoms with Gasteiger partial charge in [0.25, 0.3) is 0 Å². The first-order valence-corrected chi connectivity index (χ1v) is 5.70. The number of carbonyl (C=O) groups excluding carboxylic acids is 1. The fourth-order valence-corrected chi connectivity index (χ4v) is 1.87. The molecule has 0 spiro atoms. The van der Waals surface area contributed by atoms with Crippen molar-refractivity contribution in [1.29, 1.82) is 0 Å². The third-order valence-corrected chi connectivity index (χ3v) is 3.04. The molecule has 0 aromatic carbocycles. The quantitative estimate of drug-likeness (QED) is 0.681. The van der Waals surface area contributed by atoms with Crippen LogP contribution in [-0.2, 0) is 14.3 Å². The second-order valence-electron chi connectivity index (χ2n) is 4.32. The summed E-state index contributed by atoms with van der Waals surface area (Å²) in [5.41, 5.74) is -0.640. The predicted molar refractivity (Wildman–Crippen MR) is 61.4 cm³/mol. The van der Waals surface area contributed by atoms with Crippen molar-refractivity contribution in [3.8, 4) is 0 Å². The number of carbonyl (C=O) groups is 1. The molecule has 1 aliphatic heterocycles. The number of nitrogens with one attached hydrogen (secondary N) is 1. The van der Waals surface area contributed by atoms with Crippen LogP contribution in [-0.4, -0.2) is 63.4 Å². The number of rotatable bonds is 4. The lowest BCUT2D eigenvalue weighted by Gasteiger charge is -2.32. The van der Waals surface area contributed by atoms with E-state index in [-0.39, 0.29) is 5.97 Å². The monoisotopic (exact) mass is 230 g/mol. The number of methoxy groups -OCH3 is 1. The van der Waals surface area contributed by atoms with Crippen LogP contribution in [0.2, 0.25) is 0 Å². The van der Waals surface area contributed by atoms with Gasteiger partial charge in [0.05, 0.1) is 13.7 Å². The molecular formula is C11H22N2O3. The number of nitrogens with zero attached hydrogens (tertiary/aromatic N) is 1. The number of likely N-dealkylation sites (N-methyl/N-ethyl adjacent to an activating group) is 1. The van der Waals surface area contributed by atoms with Gasteiger partial charge in [-0.15, -0.1) is 0 Å². The van der Waals surface area contributed by atoms with Crippen molar-refractivity contribution in [1.82, 2.24) is 10.2 Å². The third kappa shape index (κ3) is 3.43. The van der Waals surface area contributed by atoms with Gasteiger partial charge in [-0.25, -0.2) is 0 Å². The summed E-state index contributed by atoms with van der Waals surface area (Å²) >= 11 is 0. The van der Waals surface area contributed by atoms with Gasteiger partial charge in [-0.05, 0) is 20.4 Å². The van der Waals surface area contributed by atoms with Crippen LogP contribution >= 0.6 is 0 Å². The lowest BCUT2D eigenvalue weighted by Crippen LogP contribution is -2.56. The smallest absolute Gasteiger partial charge is 0.327 e. The number of ether oxygens (including phenoxy) is 2. The Bertz CT molecular complexity index is 227. The molecule has 5 heteroatoms. The zero-order valence-electron chi connectivity index (χ0n) is 10.4. The van der Waals surface area contributed by atoms with E-state index < -0.39 is 5.54 Å². The highest BCUT2D eigenvalue weighted by atomic mass is 16.5. The van der Waals surface area contributed by atoms with Crippen molar-refractivity contribution in [2.45, 2.75) is 18.9 Å². The topological polar surface area (TPSA) is 50.8 Å². The fraction of sp³-hybridized carbons (Fsp3) is 0.909. The minimum atomic E-state index is -0.640. The SMILES string of the molecule is CNC(C)(CN1CCCOCC1)C(=O)OC. The van der Waals surface area contributed by atoms with Crippen LogP contribution in [0.3, 0.4) is 0 Å². The van der Waals surface area contributed by atoms with Crippen molar-refractivity contribution in [3.05, 3.63) is 0 Å². The van der Waals surface area contributed by atoms with Crippen LogP contribution in [0.25, 0.3) is 0 Å². The summed E-state index contributed by atoms with van der Waals surface area (Å²) < 4.78 is 10.2. The molecule has 0 saturated carbocycles. The third-order valence-electron chi connectivity index (χ3n) is 3.04. The molecule has 0 aromatic heterocycles.